The largest absolute Gasteiger partial charge is 0.478 e. The van der Waals surface area contributed by atoms with E-state index in [1.165, 1.54) is 0 Å². The third-order valence-corrected chi connectivity index (χ3v) is 8.88. The first-order chi connectivity index (χ1) is 20.9. The molecule has 1 saturated carbocycles. The first-order valence-corrected chi connectivity index (χ1v) is 15.8. The van der Waals surface area contributed by atoms with Crippen LogP contribution in [0.3, 0.4) is 0 Å². The van der Waals surface area contributed by atoms with Gasteiger partial charge in [0.05, 0.1) is 12.1 Å². The summed E-state index contributed by atoms with van der Waals surface area (Å²) in [5, 5.41) is 10.3. The molecule has 1 aliphatic carbocycles. The Bertz CT molecular complexity index is 1380. The minimum absolute atomic E-state index is 0. The van der Waals surface area contributed by atoms with E-state index in [-0.39, 0.29) is 30.1 Å². The molecule has 1 atom stereocenters. The van der Waals surface area contributed by atoms with Crippen molar-refractivity contribution < 1.29 is 14.3 Å². The minimum atomic E-state index is -0.967. The molecule has 1 unspecified atom stereocenters. The van der Waals surface area contributed by atoms with Gasteiger partial charge in [0.15, 0.2) is 5.60 Å². The van der Waals surface area contributed by atoms with Gasteiger partial charge in [-0.1, -0.05) is 30.3 Å². The Morgan fingerprint density at radius 2 is 1.82 bits per heavy atom. The van der Waals surface area contributed by atoms with Crippen LogP contribution in [0.25, 0.3) is 11.1 Å². The number of amides is 2. The van der Waals surface area contributed by atoms with Crippen LogP contribution < -0.4 is 15.0 Å². The number of anilines is 1. The van der Waals surface area contributed by atoms with E-state index in [4.69, 9.17) is 4.74 Å². The number of carbonyl (C=O) groups excluding carboxylic acids is 2. The average Bonchev–Trinajstić information content (AvgIpc) is 3.79. The SMILES string of the molecule is CC(C)(Oc1cccc(N2CCCC(C(=O)N(Cc3ccc(-c4cn[nH]c4)cc3)C3CC3)C2)c1)C(=O)N1CCCNCC1.Cl. The second-order valence-electron chi connectivity index (χ2n) is 12.7. The van der Waals surface area contributed by atoms with E-state index >= 15 is 0 Å². The monoisotopic (exact) mass is 620 g/mol. The number of nitrogens with zero attached hydrogens (tertiary/aromatic N) is 4. The second-order valence-corrected chi connectivity index (χ2v) is 12.7. The number of benzene rings is 2. The predicted octanol–water partition coefficient (Wildman–Crippen LogP) is 4.89. The van der Waals surface area contributed by atoms with Crippen molar-refractivity contribution in [3.05, 3.63) is 66.5 Å². The molecular formula is C34H45ClN6O3. The lowest BCUT2D eigenvalue weighted by molar-refractivity contribution is -0.145. The first-order valence-electron chi connectivity index (χ1n) is 15.8. The van der Waals surface area contributed by atoms with E-state index in [1.807, 2.05) is 49.3 Å². The molecule has 10 heteroatoms. The lowest BCUT2D eigenvalue weighted by Crippen LogP contribution is -2.49. The fourth-order valence-corrected chi connectivity index (χ4v) is 6.34. The molecule has 0 radical (unpaired) electrons. The van der Waals surface area contributed by atoms with Crippen molar-refractivity contribution >= 4 is 29.9 Å². The number of piperidine rings is 1. The van der Waals surface area contributed by atoms with Crippen LogP contribution >= 0.6 is 12.4 Å². The number of H-pyrrole nitrogens is 1. The van der Waals surface area contributed by atoms with Crippen LogP contribution in [0.1, 0.15) is 51.5 Å². The van der Waals surface area contributed by atoms with Crippen LogP contribution in [0.15, 0.2) is 60.9 Å². The standard InChI is InChI=1S/C34H44N6O3.ClH/c1-34(2,33(42)38-18-5-15-35-16-19-38)43-31-8-3-7-30(20-31)39-17-4-6-27(24-39)32(41)40(29-13-14-29)23-25-9-11-26(12-10-25)28-21-36-37-22-28;/h3,7-12,20-22,27,29,35H,4-6,13-19,23-24H2,1-2H3,(H,36,37);1H. The van der Waals surface area contributed by atoms with Crippen molar-refractivity contribution in [3.8, 4) is 16.9 Å². The van der Waals surface area contributed by atoms with Crippen molar-refractivity contribution in [1.82, 2.24) is 25.3 Å². The number of aromatic nitrogens is 2. The number of ether oxygens (including phenoxy) is 1. The van der Waals surface area contributed by atoms with Gasteiger partial charge in [0.2, 0.25) is 5.91 Å². The summed E-state index contributed by atoms with van der Waals surface area (Å²) in [4.78, 5) is 33.6. The highest BCUT2D eigenvalue weighted by Crippen LogP contribution is 2.34. The number of nitrogens with one attached hydrogen (secondary N) is 2. The maximum Gasteiger partial charge on any atom is 0.266 e. The highest BCUT2D eigenvalue weighted by molar-refractivity contribution is 5.85. The van der Waals surface area contributed by atoms with Gasteiger partial charge in [0, 0.05) is 68.8 Å². The second kappa shape index (κ2) is 14.0. The fraction of sp³-hybridized carbons (Fsp3) is 0.500. The Labute approximate surface area is 266 Å². The molecule has 6 rings (SSSR count). The quantitative estimate of drug-likeness (QED) is 0.354. The van der Waals surface area contributed by atoms with Crippen molar-refractivity contribution in [1.29, 1.82) is 0 Å². The zero-order valence-electron chi connectivity index (χ0n) is 25.8. The number of rotatable bonds is 9. The summed E-state index contributed by atoms with van der Waals surface area (Å²) in [6, 6.07) is 16.8. The molecule has 0 bridgehead atoms. The zero-order valence-corrected chi connectivity index (χ0v) is 26.7. The maximum atomic E-state index is 13.9. The van der Waals surface area contributed by atoms with E-state index in [0.717, 1.165) is 80.7 Å². The molecule has 236 valence electrons. The van der Waals surface area contributed by atoms with Gasteiger partial charge in [-0.05, 0) is 75.8 Å². The number of hydrogen-bond acceptors (Lipinski definition) is 6. The van der Waals surface area contributed by atoms with Crippen LogP contribution in [0, 0.1) is 5.92 Å². The lowest BCUT2D eigenvalue weighted by atomic mass is 9.95. The van der Waals surface area contributed by atoms with E-state index in [1.54, 1.807) is 0 Å². The van der Waals surface area contributed by atoms with Crippen molar-refractivity contribution in [2.75, 3.05) is 44.2 Å². The van der Waals surface area contributed by atoms with Gasteiger partial charge in [-0.2, -0.15) is 5.10 Å². The molecule has 3 aliphatic rings. The summed E-state index contributed by atoms with van der Waals surface area (Å²) in [5.74, 6) is 0.910. The average molecular weight is 621 g/mol. The summed E-state index contributed by atoms with van der Waals surface area (Å²) >= 11 is 0. The number of carbonyl (C=O) groups is 2. The summed E-state index contributed by atoms with van der Waals surface area (Å²) in [6.07, 6.45) is 8.69. The Morgan fingerprint density at radius 3 is 2.57 bits per heavy atom. The molecule has 3 heterocycles. The summed E-state index contributed by atoms with van der Waals surface area (Å²) in [6.45, 7) is 9.13. The lowest BCUT2D eigenvalue weighted by Gasteiger charge is -2.37. The fourth-order valence-electron chi connectivity index (χ4n) is 6.34. The number of halogens is 1. The molecule has 3 fully saturated rings. The molecule has 2 saturated heterocycles. The van der Waals surface area contributed by atoms with Crippen LogP contribution in [0.5, 0.6) is 5.75 Å². The van der Waals surface area contributed by atoms with Gasteiger partial charge in [-0.25, -0.2) is 0 Å². The molecule has 2 aliphatic heterocycles. The van der Waals surface area contributed by atoms with Crippen LogP contribution in [-0.2, 0) is 16.1 Å². The summed E-state index contributed by atoms with van der Waals surface area (Å²) in [5.41, 5.74) is 3.39. The maximum absolute atomic E-state index is 13.9. The van der Waals surface area contributed by atoms with Gasteiger partial charge in [-0.15, -0.1) is 12.4 Å². The molecule has 0 spiro atoms. The van der Waals surface area contributed by atoms with E-state index in [9.17, 15) is 9.59 Å². The normalized spacial score (nSPS) is 19.1. The van der Waals surface area contributed by atoms with Crippen LogP contribution in [0.4, 0.5) is 5.69 Å². The van der Waals surface area contributed by atoms with Crippen LogP contribution in [0.2, 0.25) is 0 Å². The van der Waals surface area contributed by atoms with Crippen molar-refractivity contribution in [3.63, 3.8) is 0 Å². The Kier molecular flexibility index (Phi) is 10.2. The smallest absolute Gasteiger partial charge is 0.266 e. The molecular weight excluding hydrogens is 576 g/mol. The topological polar surface area (TPSA) is 93.8 Å². The molecule has 2 N–H and O–H groups in total. The molecule has 44 heavy (non-hydrogen) atoms. The Morgan fingerprint density at radius 1 is 1.00 bits per heavy atom. The Hall–Kier alpha value is -3.56. The molecule has 2 aromatic carbocycles. The summed E-state index contributed by atoms with van der Waals surface area (Å²) in [7, 11) is 0. The van der Waals surface area contributed by atoms with E-state index < -0.39 is 5.60 Å². The molecule has 9 nitrogen and oxygen atoms in total. The van der Waals surface area contributed by atoms with E-state index in [2.05, 4.69) is 55.6 Å². The van der Waals surface area contributed by atoms with Crippen LogP contribution in [-0.4, -0.2) is 82.7 Å². The highest BCUT2D eigenvalue weighted by atomic mass is 35.5. The predicted molar refractivity (Wildman–Crippen MR) is 175 cm³/mol. The van der Waals surface area contributed by atoms with Crippen molar-refractivity contribution in [2.45, 2.75) is 64.1 Å². The first kappa shape index (κ1) is 31.9. The van der Waals surface area contributed by atoms with Gasteiger partial charge < -0.3 is 24.8 Å². The Balaban J connectivity index is 0.00000384. The number of aromatic amines is 1. The number of hydrogen-bond donors (Lipinski definition) is 2. The summed E-state index contributed by atoms with van der Waals surface area (Å²) < 4.78 is 6.32. The third-order valence-electron chi connectivity index (χ3n) is 8.88. The highest BCUT2D eigenvalue weighted by Gasteiger charge is 2.38. The van der Waals surface area contributed by atoms with E-state index in [0.29, 0.717) is 31.4 Å². The van der Waals surface area contributed by atoms with Gasteiger partial charge in [0.25, 0.3) is 5.91 Å². The van der Waals surface area contributed by atoms with Gasteiger partial charge in [-0.3, -0.25) is 14.7 Å². The van der Waals surface area contributed by atoms with Crippen molar-refractivity contribution in [2.24, 2.45) is 5.92 Å². The van der Waals surface area contributed by atoms with Gasteiger partial charge >= 0.3 is 0 Å². The van der Waals surface area contributed by atoms with Gasteiger partial charge in [0.1, 0.15) is 5.75 Å². The molecule has 1 aromatic heterocycles. The molecule has 2 amide bonds. The minimum Gasteiger partial charge on any atom is -0.478 e. The third kappa shape index (κ3) is 7.56. The molecule has 3 aromatic rings. The zero-order chi connectivity index (χ0) is 29.8.